The Morgan fingerprint density at radius 1 is 1.76 bits per heavy atom. The number of hydrogen-bond donors (Lipinski definition) is 1. The van der Waals surface area contributed by atoms with E-state index in [4.69, 9.17) is 5.26 Å². The summed E-state index contributed by atoms with van der Waals surface area (Å²) in [5.74, 6) is 0.0787. The Hall–Kier alpha value is -2.20. The van der Waals surface area contributed by atoms with E-state index in [1.165, 1.54) is 17.2 Å². The van der Waals surface area contributed by atoms with E-state index in [2.05, 4.69) is 4.98 Å². The molecule has 0 spiro atoms. The van der Waals surface area contributed by atoms with E-state index >= 15 is 0 Å². The third-order valence-electron chi connectivity index (χ3n) is 2.11. The van der Waals surface area contributed by atoms with Crippen LogP contribution in [0.15, 0.2) is 12.3 Å². The molecule has 0 bridgehead atoms. The number of anilines is 1. The lowest BCUT2D eigenvalue weighted by Gasteiger charge is -2.19. The fourth-order valence-electron chi connectivity index (χ4n) is 1.48. The Morgan fingerprint density at radius 3 is 2.88 bits per heavy atom. The summed E-state index contributed by atoms with van der Waals surface area (Å²) in [6, 6.07) is 3.04. The summed E-state index contributed by atoms with van der Waals surface area (Å²) in [4.78, 5) is 15.6. The second-order valence-corrected chi connectivity index (χ2v) is 3.63. The molecule has 0 aliphatic heterocycles. The van der Waals surface area contributed by atoms with Crippen molar-refractivity contribution in [2.75, 3.05) is 18.5 Å². The number of nitro groups is 1. The van der Waals surface area contributed by atoms with Gasteiger partial charge in [0.1, 0.15) is 11.6 Å². The number of hydrogen-bond acceptors (Lipinski definition) is 6. The summed E-state index contributed by atoms with van der Waals surface area (Å²) >= 11 is 0. The van der Waals surface area contributed by atoms with Crippen molar-refractivity contribution in [2.45, 2.75) is 13.0 Å². The molecule has 0 amide bonds. The molecule has 1 N–H and O–H groups in total. The number of rotatable bonds is 4. The van der Waals surface area contributed by atoms with Gasteiger partial charge in [0.25, 0.3) is 0 Å². The second-order valence-electron chi connectivity index (χ2n) is 3.63. The highest BCUT2D eigenvalue weighted by molar-refractivity contribution is 5.65. The molecule has 17 heavy (non-hydrogen) atoms. The van der Waals surface area contributed by atoms with E-state index in [1.54, 1.807) is 20.0 Å². The van der Waals surface area contributed by atoms with Crippen LogP contribution in [-0.2, 0) is 0 Å². The fraction of sp³-hybridized carbons (Fsp3) is 0.400. The number of aliphatic hydroxyl groups is 1. The van der Waals surface area contributed by atoms with Gasteiger partial charge in [0.05, 0.1) is 11.0 Å². The molecule has 0 aliphatic carbocycles. The maximum absolute atomic E-state index is 10.9. The van der Waals surface area contributed by atoms with Gasteiger partial charge >= 0.3 is 5.69 Å². The molecular formula is C10H12N4O3. The highest BCUT2D eigenvalue weighted by Crippen LogP contribution is 2.28. The number of pyridine rings is 1. The van der Waals surface area contributed by atoms with Crippen molar-refractivity contribution in [1.82, 2.24) is 4.98 Å². The van der Waals surface area contributed by atoms with Crippen LogP contribution in [0.5, 0.6) is 0 Å². The molecule has 1 rings (SSSR count). The molecule has 7 heteroatoms. The lowest BCUT2D eigenvalue weighted by Crippen LogP contribution is -2.28. The van der Waals surface area contributed by atoms with Gasteiger partial charge in [-0.25, -0.2) is 4.98 Å². The standard InChI is InChI=1S/C10H12N4O3/c1-7(15)6-13(2)10-9(14(16)17)8(5-11)3-4-12-10/h3-4,7,15H,6H2,1-2H3. The molecule has 1 heterocycles. The lowest BCUT2D eigenvalue weighted by atomic mass is 10.2. The van der Waals surface area contributed by atoms with Gasteiger partial charge in [-0.2, -0.15) is 5.26 Å². The summed E-state index contributed by atoms with van der Waals surface area (Å²) in [6.45, 7) is 1.76. The molecule has 0 saturated carbocycles. The minimum Gasteiger partial charge on any atom is -0.392 e. The molecule has 1 unspecified atom stereocenters. The third-order valence-corrected chi connectivity index (χ3v) is 2.11. The van der Waals surface area contributed by atoms with Crippen LogP contribution in [0.2, 0.25) is 0 Å². The van der Waals surface area contributed by atoms with Gasteiger partial charge in [-0.1, -0.05) is 0 Å². The van der Waals surface area contributed by atoms with Gasteiger partial charge in [0, 0.05) is 19.8 Å². The normalized spacial score (nSPS) is 11.6. The van der Waals surface area contributed by atoms with Crippen molar-refractivity contribution in [3.05, 3.63) is 27.9 Å². The van der Waals surface area contributed by atoms with Crippen molar-refractivity contribution < 1.29 is 10.0 Å². The van der Waals surface area contributed by atoms with E-state index < -0.39 is 11.0 Å². The molecule has 90 valence electrons. The first kappa shape index (κ1) is 12.9. The zero-order valence-corrected chi connectivity index (χ0v) is 9.49. The molecule has 1 aromatic rings. The molecule has 0 fully saturated rings. The van der Waals surface area contributed by atoms with E-state index in [9.17, 15) is 15.2 Å². The minimum atomic E-state index is -0.646. The largest absolute Gasteiger partial charge is 0.392 e. The smallest absolute Gasteiger partial charge is 0.329 e. The van der Waals surface area contributed by atoms with Crippen molar-refractivity contribution >= 4 is 11.5 Å². The van der Waals surface area contributed by atoms with E-state index in [0.717, 1.165) is 0 Å². The van der Waals surface area contributed by atoms with Crippen LogP contribution in [0.4, 0.5) is 11.5 Å². The summed E-state index contributed by atoms with van der Waals surface area (Å²) in [5.41, 5.74) is -0.379. The van der Waals surface area contributed by atoms with Gasteiger partial charge < -0.3 is 10.0 Å². The number of aliphatic hydroxyl groups excluding tert-OH is 1. The number of likely N-dealkylation sites (N-methyl/N-ethyl adjacent to an activating group) is 1. The van der Waals surface area contributed by atoms with Crippen LogP contribution in [0.3, 0.4) is 0 Å². The van der Waals surface area contributed by atoms with Crippen LogP contribution < -0.4 is 4.90 Å². The summed E-state index contributed by atoms with van der Waals surface area (Å²) in [7, 11) is 1.57. The predicted molar refractivity (Wildman–Crippen MR) is 60.6 cm³/mol. The minimum absolute atomic E-state index is 0.0440. The SMILES string of the molecule is CC(O)CN(C)c1nccc(C#N)c1[N+](=O)[O-]. The highest BCUT2D eigenvalue weighted by atomic mass is 16.6. The zero-order chi connectivity index (χ0) is 13.0. The van der Waals surface area contributed by atoms with E-state index in [0.29, 0.717) is 0 Å². The van der Waals surface area contributed by atoms with Crippen molar-refractivity contribution in [3.8, 4) is 6.07 Å². The van der Waals surface area contributed by atoms with Crippen molar-refractivity contribution in [1.29, 1.82) is 5.26 Å². The lowest BCUT2D eigenvalue weighted by molar-refractivity contribution is -0.384. The molecule has 0 saturated heterocycles. The molecule has 7 nitrogen and oxygen atoms in total. The van der Waals surface area contributed by atoms with Gasteiger partial charge in [0.2, 0.25) is 5.82 Å². The monoisotopic (exact) mass is 236 g/mol. The summed E-state index contributed by atoms with van der Waals surface area (Å²) in [6.07, 6.45) is 0.687. The number of nitrogens with zero attached hydrogens (tertiary/aromatic N) is 4. The van der Waals surface area contributed by atoms with E-state index in [-0.39, 0.29) is 23.6 Å². The van der Waals surface area contributed by atoms with Crippen LogP contribution >= 0.6 is 0 Å². The second kappa shape index (κ2) is 5.23. The average Bonchev–Trinajstić information content (AvgIpc) is 2.26. The highest BCUT2D eigenvalue weighted by Gasteiger charge is 2.24. The van der Waals surface area contributed by atoms with Gasteiger partial charge in [-0.15, -0.1) is 0 Å². The Kier molecular flexibility index (Phi) is 3.96. The van der Waals surface area contributed by atoms with Crippen LogP contribution in [0.25, 0.3) is 0 Å². The van der Waals surface area contributed by atoms with E-state index in [1.807, 2.05) is 0 Å². The van der Waals surface area contributed by atoms with Crippen molar-refractivity contribution in [3.63, 3.8) is 0 Å². The Balaban J connectivity index is 3.24. The first-order valence-corrected chi connectivity index (χ1v) is 4.90. The predicted octanol–water partition coefficient (Wildman–Crippen LogP) is 0.678. The zero-order valence-electron chi connectivity index (χ0n) is 9.49. The molecule has 1 atom stereocenters. The number of nitriles is 1. The van der Waals surface area contributed by atoms with Crippen molar-refractivity contribution in [2.24, 2.45) is 0 Å². The number of aromatic nitrogens is 1. The van der Waals surface area contributed by atoms with Gasteiger partial charge in [0.15, 0.2) is 0 Å². The first-order chi connectivity index (χ1) is 7.97. The maximum Gasteiger partial charge on any atom is 0.329 e. The Labute approximate surface area is 98.1 Å². The maximum atomic E-state index is 10.9. The van der Waals surface area contributed by atoms with Crippen LogP contribution in [0, 0.1) is 21.4 Å². The molecule has 0 aliphatic rings. The Morgan fingerprint density at radius 2 is 2.41 bits per heavy atom. The first-order valence-electron chi connectivity index (χ1n) is 4.90. The molecule has 1 aromatic heterocycles. The summed E-state index contributed by atoms with van der Waals surface area (Å²) in [5, 5.41) is 29.0. The molecular weight excluding hydrogens is 224 g/mol. The van der Waals surface area contributed by atoms with Gasteiger partial charge in [-0.3, -0.25) is 10.1 Å². The topological polar surface area (TPSA) is 103 Å². The molecule has 0 aromatic carbocycles. The fourth-order valence-corrected chi connectivity index (χ4v) is 1.48. The quantitative estimate of drug-likeness (QED) is 0.609. The molecule has 0 radical (unpaired) electrons. The average molecular weight is 236 g/mol. The van der Waals surface area contributed by atoms with Crippen LogP contribution in [0.1, 0.15) is 12.5 Å². The van der Waals surface area contributed by atoms with Gasteiger partial charge in [-0.05, 0) is 13.0 Å². The summed E-state index contributed by atoms with van der Waals surface area (Å²) < 4.78 is 0. The Bertz CT molecular complexity index is 467. The third kappa shape index (κ3) is 2.89. The van der Waals surface area contributed by atoms with Crippen LogP contribution in [-0.4, -0.2) is 34.7 Å².